The second kappa shape index (κ2) is 3.81. The van der Waals surface area contributed by atoms with Gasteiger partial charge in [-0.3, -0.25) is 4.79 Å². The Hall–Kier alpha value is -0.330. The molecule has 13 heavy (non-hydrogen) atoms. The molecule has 1 aliphatic rings. The maximum atomic E-state index is 11.9. The number of rotatable bonds is 1. The van der Waals surface area contributed by atoms with Crippen molar-refractivity contribution in [3.8, 4) is 0 Å². The zero-order valence-corrected chi connectivity index (χ0v) is 9.50. The molecule has 0 bridgehead atoms. The molecule has 0 spiro atoms. The van der Waals surface area contributed by atoms with Crippen molar-refractivity contribution in [2.24, 2.45) is 29.6 Å². The van der Waals surface area contributed by atoms with Crippen molar-refractivity contribution in [1.82, 2.24) is 0 Å². The average molecular weight is 182 g/mol. The van der Waals surface area contributed by atoms with Crippen LogP contribution in [0.5, 0.6) is 0 Å². The zero-order chi connectivity index (χ0) is 10.2. The predicted octanol–water partition coefficient (Wildman–Crippen LogP) is 3.14. The van der Waals surface area contributed by atoms with E-state index in [0.717, 1.165) is 6.42 Å². The third-order valence-corrected chi connectivity index (χ3v) is 4.34. The fraction of sp³-hybridized carbons (Fsp3) is 0.917. The van der Waals surface area contributed by atoms with E-state index in [1.165, 1.54) is 0 Å². The van der Waals surface area contributed by atoms with Crippen molar-refractivity contribution >= 4 is 5.78 Å². The van der Waals surface area contributed by atoms with Crippen LogP contribution in [-0.4, -0.2) is 5.78 Å². The molecule has 1 nitrogen and oxygen atoms in total. The molecule has 0 aromatic carbocycles. The van der Waals surface area contributed by atoms with Crippen molar-refractivity contribution in [2.45, 2.75) is 41.0 Å². The Morgan fingerprint density at radius 1 is 1.00 bits per heavy atom. The van der Waals surface area contributed by atoms with Crippen LogP contribution >= 0.6 is 0 Å². The Morgan fingerprint density at radius 2 is 1.54 bits per heavy atom. The highest BCUT2D eigenvalue weighted by molar-refractivity contribution is 5.84. The van der Waals surface area contributed by atoms with Crippen molar-refractivity contribution in [1.29, 1.82) is 0 Å². The van der Waals surface area contributed by atoms with Gasteiger partial charge >= 0.3 is 0 Å². The van der Waals surface area contributed by atoms with E-state index in [1.54, 1.807) is 0 Å². The number of carbonyl (C=O) groups is 1. The molecule has 0 aliphatic heterocycles. The second-order valence-electron chi connectivity index (χ2n) is 4.78. The van der Waals surface area contributed by atoms with Crippen molar-refractivity contribution in [3.05, 3.63) is 0 Å². The maximum absolute atomic E-state index is 11.9. The number of hydrogen-bond acceptors (Lipinski definition) is 1. The SMILES string of the molecule is CCC1C(=O)C(C)C(C)C(C)C1C. The van der Waals surface area contributed by atoms with Gasteiger partial charge in [0.05, 0.1) is 0 Å². The van der Waals surface area contributed by atoms with Gasteiger partial charge in [-0.15, -0.1) is 0 Å². The Kier molecular flexibility index (Phi) is 3.15. The van der Waals surface area contributed by atoms with E-state index in [-0.39, 0.29) is 5.92 Å². The van der Waals surface area contributed by atoms with Crippen LogP contribution in [0.1, 0.15) is 41.0 Å². The van der Waals surface area contributed by atoms with Gasteiger partial charge in [-0.05, 0) is 24.2 Å². The normalized spacial score (nSPS) is 46.5. The molecule has 1 saturated carbocycles. The van der Waals surface area contributed by atoms with Crippen molar-refractivity contribution in [3.63, 3.8) is 0 Å². The fourth-order valence-corrected chi connectivity index (χ4v) is 2.73. The van der Waals surface area contributed by atoms with Crippen molar-refractivity contribution in [2.75, 3.05) is 0 Å². The van der Waals surface area contributed by atoms with Gasteiger partial charge in [0, 0.05) is 11.8 Å². The number of carbonyl (C=O) groups excluding carboxylic acids is 1. The smallest absolute Gasteiger partial charge is 0.139 e. The van der Waals surface area contributed by atoms with Crippen LogP contribution in [0.25, 0.3) is 0 Å². The Bertz CT molecular complexity index is 197. The molecular weight excluding hydrogens is 160 g/mol. The highest BCUT2D eigenvalue weighted by atomic mass is 16.1. The minimum atomic E-state index is 0.274. The van der Waals surface area contributed by atoms with Gasteiger partial charge in [0.2, 0.25) is 0 Å². The highest BCUT2D eigenvalue weighted by Crippen LogP contribution is 2.40. The van der Waals surface area contributed by atoms with Crippen LogP contribution in [0.4, 0.5) is 0 Å². The average Bonchev–Trinajstić information content (AvgIpc) is 2.13. The first-order valence-electron chi connectivity index (χ1n) is 5.54. The lowest BCUT2D eigenvalue weighted by atomic mass is 9.63. The zero-order valence-electron chi connectivity index (χ0n) is 9.50. The Morgan fingerprint density at radius 3 is 2.00 bits per heavy atom. The molecule has 5 atom stereocenters. The third kappa shape index (κ3) is 1.66. The summed E-state index contributed by atoms with van der Waals surface area (Å²) in [6.45, 7) is 11.0. The first kappa shape index (κ1) is 10.7. The summed E-state index contributed by atoms with van der Waals surface area (Å²) in [6, 6.07) is 0. The van der Waals surface area contributed by atoms with E-state index in [9.17, 15) is 4.79 Å². The van der Waals surface area contributed by atoms with Crippen LogP contribution in [0.2, 0.25) is 0 Å². The van der Waals surface area contributed by atoms with Gasteiger partial charge in [-0.2, -0.15) is 0 Å². The lowest BCUT2D eigenvalue weighted by Gasteiger charge is -2.41. The molecular formula is C12H22O. The second-order valence-corrected chi connectivity index (χ2v) is 4.78. The van der Waals surface area contributed by atoms with E-state index in [4.69, 9.17) is 0 Å². The standard InChI is InChI=1S/C12H22O/c1-6-11-9(4)7(2)8(3)10(5)12(11)13/h7-11H,6H2,1-5H3. The molecule has 0 saturated heterocycles. The van der Waals surface area contributed by atoms with E-state index in [0.29, 0.717) is 29.5 Å². The van der Waals surface area contributed by atoms with Gasteiger partial charge in [-0.1, -0.05) is 34.6 Å². The molecule has 0 aromatic rings. The van der Waals surface area contributed by atoms with Gasteiger partial charge in [0.15, 0.2) is 0 Å². The summed E-state index contributed by atoms with van der Waals surface area (Å²) in [5.41, 5.74) is 0. The quantitative estimate of drug-likeness (QED) is 0.609. The minimum Gasteiger partial charge on any atom is -0.299 e. The third-order valence-electron chi connectivity index (χ3n) is 4.34. The first-order chi connectivity index (χ1) is 6.00. The number of hydrogen-bond donors (Lipinski definition) is 0. The van der Waals surface area contributed by atoms with Crippen LogP contribution in [0, 0.1) is 29.6 Å². The van der Waals surface area contributed by atoms with Crippen LogP contribution < -0.4 is 0 Å². The molecule has 1 rings (SSSR count). The molecule has 1 aliphatic carbocycles. The highest BCUT2D eigenvalue weighted by Gasteiger charge is 2.41. The Balaban J connectivity index is 2.85. The van der Waals surface area contributed by atoms with Crippen LogP contribution in [-0.2, 0) is 4.79 Å². The molecule has 0 amide bonds. The summed E-state index contributed by atoms with van der Waals surface area (Å²) in [4.78, 5) is 11.9. The van der Waals surface area contributed by atoms with E-state index in [1.807, 2.05) is 0 Å². The molecule has 0 aromatic heterocycles. The molecule has 5 unspecified atom stereocenters. The van der Waals surface area contributed by atoms with Gasteiger partial charge in [-0.25, -0.2) is 0 Å². The molecule has 1 heteroatoms. The largest absolute Gasteiger partial charge is 0.299 e. The minimum absolute atomic E-state index is 0.274. The summed E-state index contributed by atoms with van der Waals surface area (Å²) in [6.07, 6.45) is 1.02. The van der Waals surface area contributed by atoms with Crippen LogP contribution in [0.15, 0.2) is 0 Å². The lowest BCUT2D eigenvalue weighted by Crippen LogP contribution is -2.42. The van der Waals surface area contributed by atoms with Gasteiger partial charge in [0.25, 0.3) is 0 Å². The number of Topliss-reactive ketones (excluding diaryl/α,β-unsaturated/α-hetero) is 1. The van der Waals surface area contributed by atoms with E-state index < -0.39 is 0 Å². The van der Waals surface area contributed by atoms with Gasteiger partial charge in [0.1, 0.15) is 5.78 Å². The Labute approximate surface area is 81.9 Å². The molecule has 0 N–H and O–H groups in total. The van der Waals surface area contributed by atoms with Crippen LogP contribution in [0.3, 0.4) is 0 Å². The van der Waals surface area contributed by atoms with E-state index >= 15 is 0 Å². The number of ketones is 1. The molecule has 0 radical (unpaired) electrons. The lowest BCUT2D eigenvalue weighted by molar-refractivity contribution is -0.135. The first-order valence-corrected chi connectivity index (χ1v) is 5.54. The summed E-state index contributed by atoms with van der Waals surface area (Å²) < 4.78 is 0. The van der Waals surface area contributed by atoms with Gasteiger partial charge < -0.3 is 0 Å². The van der Waals surface area contributed by atoms with E-state index in [2.05, 4.69) is 34.6 Å². The summed E-state index contributed by atoms with van der Waals surface area (Å²) in [5.74, 6) is 2.92. The predicted molar refractivity (Wildman–Crippen MR) is 55.4 cm³/mol. The summed E-state index contributed by atoms with van der Waals surface area (Å²) in [7, 11) is 0. The maximum Gasteiger partial charge on any atom is 0.139 e. The molecule has 1 fully saturated rings. The molecule has 76 valence electrons. The summed E-state index contributed by atoms with van der Waals surface area (Å²) in [5, 5.41) is 0. The fourth-order valence-electron chi connectivity index (χ4n) is 2.73. The topological polar surface area (TPSA) is 17.1 Å². The summed E-state index contributed by atoms with van der Waals surface area (Å²) >= 11 is 0. The molecule has 0 heterocycles. The monoisotopic (exact) mass is 182 g/mol. The van der Waals surface area contributed by atoms with Crippen molar-refractivity contribution < 1.29 is 4.79 Å².